The summed E-state index contributed by atoms with van der Waals surface area (Å²) >= 11 is 0. The maximum absolute atomic E-state index is 15.3. The Labute approximate surface area is 245 Å². The number of alkyl halides is 12. The second-order valence-electron chi connectivity index (χ2n) is 9.71. The van der Waals surface area contributed by atoms with Crippen LogP contribution in [0.4, 0.5) is 52.7 Å². The Balaban J connectivity index is 1.60. The third-order valence-electron chi connectivity index (χ3n) is 6.85. The van der Waals surface area contributed by atoms with Crippen molar-refractivity contribution in [1.82, 2.24) is 0 Å². The molecular weight excluding hydrogens is 636 g/mol. The minimum absolute atomic E-state index is 0.341. The Hall–Kier alpha value is -4.56. The molecule has 45 heavy (non-hydrogen) atoms. The van der Waals surface area contributed by atoms with Crippen molar-refractivity contribution < 1.29 is 67.6 Å². The first kappa shape index (κ1) is 33.3. The summed E-state index contributed by atoms with van der Waals surface area (Å²) in [6, 6.07) is 8.11. The molecule has 2 atom stereocenters. The second-order valence-corrected chi connectivity index (χ2v) is 9.71. The Morgan fingerprint density at radius 2 is 0.600 bits per heavy atom. The number of hydrogen-bond donors (Lipinski definition) is 2. The SMILES string of the molecule is Oc1ccc(C(F)(C(F)(F)F)C(F)(F)c2ccc(Oc3ccc(C(F)(F)C(F)(c4ccc(O)cc4)C(F)(F)F)cc3)cc2)cc1. The third-order valence-corrected chi connectivity index (χ3v) is 6.85. The Morgan fingerprint density at radius 3 is 0.844 bits per heavy atom. The van der Waals surface area contributed by atoms with Gasteiger partial charge in [-0.3, -0.25) is 0 Å². The predicted octanol–water partition coefficient (Wildman–Crippen LogP) is 9.93. The molecule has 240 valence electrons. The number of phenolic OH excluding ortho intramolecular Hbond substituents is 2. The van der Waals surface area contributed by atoms with Gasteiger partial charge in [0.15, 0.2) is 0 Å². The lowest BCUT2D eigenvalue weighted by Crippen LogP contribution is -2.51. The summed E-state index contributed by atoms with van der Waals surface area (Å²) in [5.74, 6) is -12.4. The van der Waals surface area contributed by atoms with Crippen LogP contribution in [-0.2, 0) is 23.2 Å². The van der Waals surface area contributed by atoms with E-state index in [-0.39, 0.29) is 11.5 Å². The van der Waals surface area contributed by atoms with Gasteiger partial charge in [0.1, 0.15) is 23.0 Å². The molecule has 0 amide bonds. The first-order chi connectivity index (χ1) is 20.7. The van der Waals surface area contributed by atoms with Crippen molar-refractivity contribution in [2.24, 2.45) is 0 Å². The molecule has 0 aromatic heterocycles. The van der Waals surface area contributed by atoms with Crippen LogP contribution in [-0.4, -0.2) is 22.6 Å². The highest BCUT2D eigenvalue weighted by atomic mass is 19.4. The number of phenols is 2. The van der Waals surface area contributed by atoms with Crippen LogP contribution in [0.1, 0.15) is 22.3 Å². The summed E-state index contributed by atoms with van der Waals surface area (Å²) in [6.45, 7) is 0. The smallest absolute Gasteiger partial charge is 0.433 e. The molecule has 4 rings (SSSR count). The second kappa shape index (κ2) is 11.1. The molecule has 3 nitrogen and oxygen atoms in total. The molecule has 0 aliphatic heterocycles. The number of aromatic hydroxyl groups is 2. The van der Waals surface area contributed by atoms with Crippen LogP contribution in [0.15, 0.2) is 97.1 Å². The van der Waals surface area contributed by atoms with Crippen LogP contribution in [0.3, 0.4) is 0 Å². The fourth-order valence-electron chi connectivity index (χ4n) is 4.43. The summed E-state index contributed by atoms with van der Waals surface area (Å²) in [4.78, 5) is 0. The summed E-state index contributed by atoms with van der Waals surface area (Å²) in [6.07, 6.45) is -12.3. The molecular formula is C30H18F12O3. The van der Waals surface area contributed by atoms with Crippen molar-refractivity contribution in [3.63, 3.8) is 0 Å². The lowest BCUT2D eigenvalue weighted by atomic mass is 9.84. The van der Waals surface area contributed by atoms with E-state index in [0.29, 0.717) is 97.1 Å². The van der Waals surface area contributed by atoms with Crippen molar-refractivity contribution in [2.75, 3.05) is 0 Å². The quantitative estimate of drug-likeness (QED) is 0.186. The Kier molecular flexibility index (Phi) is 8.23. The molecule has 15 heteroatoms. The monoisotopic (exact) mass is 654 g/mol. The van der Waals surface area contributed by atoms with E-state index in [1.54, 1.807) is 0 Å². The molecule has 0 saturated heterocycles. The number of hydrogen-bond acceptors (Lipinski definition) is 3. The maximum atomic E-state index is 15.3. The summed E-state index contributed by atoms with van der Waals surface area (Å²) in [5.41, 5.74) is -16.4. The molecule has 0 aliphatic rings. The molecule has 0 heterocycles. The molecule has 0 spiro atoms. The van der Waals surface area contributed by atoms with Crippen LogP contribution < -0.4 is 4.74 Å². The normalized spacial score (nSPS) is 15.6. The molecule has 0 aliphatic carbocycles. The van der Waals surface area contributed by atoms with E-state index in [0.717, 1.165) is 0 Å². The van der Waals surface area contributed by atoms with Gasteiger partial charge in [-0.05, 0) is 72.8 Å². The summed E-state index contributed by atoms with van der Waals surface area (Å²) in [7, 11) is 0. The van der Waals surface area contributed by atoms with Gasteiger partial charge in [0, 0.05) is 22.3 Å². The van der Waals surface area contributed by atoms with Crippen LogP contribution in [0.25, 0.3) is 0 Å². The topological polar surface area (TPSA) is 49.7 Å². The van der Waals surface area contributed by atoms with E-state index < -0.39 is 69.3 Å². The van der Waals surface area contributed by atoms with Gasteiger partial charge in [-0.15, -0.1) is 0 Å². The Morgan fingerprint density at radius 1 is 0.356 bits per heavy atom. The first-order valence-corrected chi connectivity index (χ1v) is 12.4. The van der Waals surface area contributed by atoms with E-state index in [4.69, 9.17) is 4.74 Å². The van der Waals surface area contributed by atoms with Gasteiger partial charge in [0.2, 0.25) is 0 Å². The number of ether oxygens (including phenoxy) is 1. The van der Waals surface area contributed by atoms with Gasteiger partial charge >= 0.3 is 24.2 Å². The first-order valence-electron chi connectivity index (χ1n) is 12.4. The van der Waals surface area contributed by atoms with Crippen LogP contribution in [0.2, 0.25) is 0 Å². The van der Waals surface area contributed by atoms with Crippen LogP contribution in [0, 0.1) is 0 Å². The van der Waals surface area contributed by atoms with Crippen molar-refractivity contribution in [3.05, 3.63) is 119 Å². The molecule has 2 N–H and O–H groups in total. The predicted molar refractivity (Wildman–Crippen MR) is 135 cm³/mol. The van der Waals surface area contributed by atoms with E-state index >= 15 is 26.3 Å². The molecule has 0 fully saturated rings. The minimum Gasteiger partial charge on any atom is -0.508 e. The average Bonchev–Trinajstić information content (AvgIpc) is 2.96. The maximum Gasteiger partial charge on any atom is 0.433 e. The Bertz CT molecular complexity index is 1490. The highest BCUT2D eigenvalue weighted by molar-refractivity contribution is 5.42. The van der Waals surface area contributed by atoms with E-state index in [9.17, 15) is 36.6 Å². The zero-order chi connectivity index (χ0) is 33.6. The zero-order valence-electron chi connectivity index (χ0n) is 22.1. The number of halogens is 12. The lowest BCUT2D eigenvalue weighted by molar-refractivity contribution is -0.315. The van der Waals surface area contributed by atoms with E-state index in [2.05, 4.69) is 0 Å². The molecule has 4 aromatic carbocycles. The molecule has 0 bridgehead atoms. The van der Waals surface area contributed by atoms with Crippen molar-refractivity contribution in [1.29, 1.82) is 0 Å². The largest absolute Gasteiger partial charge is 0.508 e. The van der Waals surface area contributed by atoms with Gasteiger partial charge < -0.3 is 14.9 Å². The van der Waals surface area contributed by atoms with Crippen molar-refractivity contribution >= 4 is 0 Å². The van der Waals surface area contributed by atoms with Crippen LogP contribution in [0.5, 0.6) is 23.0 Å². The van der Waals surface area contributed by atoms with Gasteiger partial charge in [-0.2, -0.15) is 43.9 Å². The molecule has 4 aromatic rings. The molecule has 0 radical (unpaired) electrons. The van der Waals surface area contributed by atoms with Gasteiger partial charge in [-0.25, -0.2) is 8.78 Å². The van der Waals surface area contributed by atoms with E-state index in [1.807, 2.05) is 0 Å². The van der Waals surface area contributed by atoms with Crippen LogP contribution >= 0.6 is 0 Å². The zero-order valence-corrected chi connectivity index (χ0v) is 22.1. The fraction of sp³-hybridized carbons (Fsp3) is 0.200. The molecule has 2 unspecified atom stereocenters. The summed E-state index contributed by atoms with van der Waals surface area (Å²) < 4.78 is 179. The van der Waals surface area contributed by atoms with Gasteiger partial charge in [0.25, 0.3) is 11.3 Å². The lowest BCUT2D eigenvalue weighted by Gasteiger charge is -2.35. The highest BCUT2D eigenvalue weighted by Crippen LogP contribution is 2.58. The van der Waals surface area contributed by atoms with Crippen molar-refractivity contribution in [3.8, 4) is 23.0 Å². The van der Waals surface area contributed by atoms with Crippen molar-refractivity contribution in [2.45, 2.75) is 35.5 Å². The standard InChI is InChI=1S/C30H18F12O3/c31-25(29(37,38)39,17-1-9-21(43)10-2-17)27(33,34)19-5-13-23(14-6-19)45-24-15-7-20(8-16-24)28(35,36)26(32,30(40,41)42)18-3-11-22(44)12-4-18/h1-16,43-44H. The number of benzene rings is 4. The average molecular weight is 654 g/mol. The third kappa shape index (κ3) is 5.59. The van der Waals surface area contributed by atoms with Gasteiger partial charge in [-0.1, -0.05) is 24.3 Å². The fourth-order valence-corrected chi connectivity index (χ4v) is 4.43. The molecule has 0 saturated carbocycles. The number of rotatable bonds is 8. The van der Waals surface area contributed by atoms with E-state index in [1.165, 1.54) is 0 Å². The highest BCUT2D eigenvalue weighted by Gasteiger charge is 2.73. The van der Waals surface area contributed by atoms with Gasteiger partial charge in [0.05, 0.1) is 0 Å². The minimum atomic E-state index is -6.13. The summed E-state index contributed by atoms with van der Waals surface area (Å²) in [5, 5.41) is 18.5.